The third-order valence-corrected chi connectivity index (χ3v) is 4.79. The lowest BCUT2D eigenvalue weighted by Crippen LogP contribution is -2.00. The summed E-state index contributed by atoms with van der Waals surface area (Å²) >= 11 is 0. The van der Waals surface area contributed by atoms with Crippen molar-refractivity contribution in [1.82, 2.24) is 9.55 Å². The molecule has 1 heterocycles. The summed E-state index contributed by atoms with van der Waals surface area (Å²) in [5.74, 6) is 1.66. The molecule has 3 nitrogen and oxygen atoms in total. The van der Waals surface area contributed by atoms with Crippen LogP contribution >= 0.6 is 0 Å². The molecule has 2 aromatic carbocycles. The molecule has 3 rings (SSSR count). The SMILES string of the molecule is [C-]#[N+]c1cc(C(C)C)c(-c2cccc(-c3nccn3C)c2)c(C(C)C)c1. The highest BCUT2D eigenvalue weighted by molar-refractivity contribution is 5.78. The minimum atomic E-state index is 0.348. The van der Waals surface area contributed by atoms with E-state index in [0.717, 1.165) is 17.1 Å². The van der Waals surface area contributed by atoms with Gasteiger partial charge in [-0.15, -0.1) is 0 Å². The predicted octanol–water partition coefficient (Wildman–Crippen LogP) is 6.55. The van der Waals surface area contributed by atoms with Crippen LogP contribution in [0, 0.1) is 6.57 Å². The number of aromatic nitrogens is 2. The van der Waals surface area contributed by atoms with Crippen molar-refractivity contribution < 1.29 is 0 Å². The quantitative estimate of drug-likeness (QED) is 0.492. The molecule has 0 bridgehead atoms. The fourth-order valence-corrected chi connectivity index (χ4v) is 3.44. The predicted molar refractivity (Wildman–Crippen MR) is 109 cm³/mol. The monoisotopic (exact) mass is 343 g/mol. The molecule has 0 saturated carbocycles. The Kier molecular flexibility index (Phi) is 4.95. The van der Waals surface area contributed by atoms with Gasteiger partial charge in [0.2, 0.25) is 0 Å². The van der Waals surface area contributed by atoms with Crippen molar-refractivity contribution in [2.24, 2.45) is 7.05 Å². The van der Waals surface area contributed by atoms with Gasteiger partial charge < -0.3 is 4.57 Å². The normalized spacial score (nSPS) is 11.2. The van der Waals surface area contributed by atoms with E-state index in [0.29, 0.717) is 11.8 Å². The minimum absolute atomic E-state index is 0.348. The minimum Gasteiger partial charge on any atom is -0.334 e. The lowest BCUT2D eigenvalue weighted by molar-refractivity contribution is 0.839. The highest BCUT2D eigenvalue weighted by Crippen LogP contribution is 2.40. The number of hydrogen-bond acceptors (Lipinski definition) is 1. The number of imidazole rings is 1. The Morgan fingerprint density at radius 1 is 0.962 bits per heavy atom. The second-order valence-electron chi connectivity index (χ2n) is 7.36. The van der Waals surface area contributed by atoms with Gasteiger partial charge in [-0.2, -0.15) is 0 Å². The van der Waals surface area contributed by atoms with Crippen LogP contribution in [0.2, 0.25) is 0 Å². The molecule has 26 heavy (non-hydrogen) atoms. The van der Waals surface area contributed by atoms with Crippen molar-refractivity contribution in [3.63, 3.8) is 0 Å². The van der Waals surface area contributed by atoms with Crippen molar-refractivity contribution >= 4 is 5.69 Å². The first-order chi connectivity index (χ1) is 12.4. The summed E-state index contributed by atoms with van der Waals surface area (Å²) in [5, 5.41) is 0. The molecule has 0 N–H and O–H groups in total. The first-order valence-electron chi connectivity index (χ1n) is 9.05. The maximum absolute atomic E-state index is 7.46. The van der Waals surface area contributed by atoms with Crippen LogP contribution in [0.25, 0.3) is 27.4 Å². The third kappa shape index (κ3) is 3.28. The van der Waals surface area contributed by atoms with E-state index in [-0.39, 0.29) is 0 Å². The maximum Gasteiger partial charge on any atom is 0.187 e. The molecule has 0 amide bonds. The van der Waals surface area contributed by atoms with Gasteiger partial charge in [0.15, 0.2) is 5.69 Å². The van der Waals surface area contributed by atoms with Crippen LogP contribution < -0.4 is 0 Å². The molecule has 0 aliphatic heterocycles. The highest BCUT2D eigenvalue weighted by Gasteiger charge is 2.18. The number of hydrogen-bond donors (Lipinski definition) is 0. The zero-order chi connectivity index (χ0) is 18.8. The van der Waals surface area contributed by atoms with Crippen LogP contribution in [0.5, 0.6) is 0 Å². The van der Waals surface area contributed by atoms with Gasteiger partial charge in [-0.1, -0.05) is 58.0 Å². The first-order valence-corrected chi connectivity index (χ1v) is 9.05. The van der Waals surface area contributed by atoms with Crippen molar-refractivity contribution in [1.29, 1.82) is 0 Å². The fraction of sp³-hybridized carbons (Fsp3) is 0.304. The second-order valence-corrected chi connectivity index (χ2v) is 7.36. The molecular formula is C23H25N3. The van der Waals surface area contributed by atoms with Crippen LogP contribution in [0.3, 0.4) is 0 Å². The number of aryl methyl sites for hydroxylation is 1. The Bertz CT molecular complexity index is 942. The lowest BCUT2D eigenvalue weighted by Gasteiger charge is -2.21. The molecule has 3 aromatic rings. The van der Waals surface area contributed by atoms with E-state index in [4.69, 9.17) is 6.57 Å². The summed E-state index contributed by atoms with van der Waals surface area (Å²) in [6, 6.07) is 12.7. The number of nitrogens with zero attached hydrogens (tertiary/aromatic N) is 3. The zero-order valence-electron chi connectivity index (χ0n) is 16.1. The highest BCUT2D eigenvalue weighted by atomic mass is 15.0. The van der Waals surface area contributed by atoms with E-state index < -0.39 is 0 Å². The lowest BCUT2D eigenvalue weighted by atomic mass is 9.84. The Morgan fingerprint density at radius 2 is 1.58 bits per heavy atom. The molecule has 3 heteroatoms. The number of benzene rings is 2. The van der Waals surface area contributed by atoms with Crippen molar-refractivity contribution in [2.75, 3.05) is 0 Å². The Labute approximate surface area is 156 Å². The summed E-state index contributed by atoms with van der Waals surface area (Å²) in [6.07, 6.45) is 3.79. The van der Waals surface area contributed by atoms with Crippen LogP contribution in [0.1, 0.15) is 50.7 Å². The average molecular weight is 343 g/mol. The van der Waals surface area contributed by atoms with Crippen molar-refractivity contribution in [3.05, 3.63) is 71.3 Å². The summed E-state index contributed by atoms with van der Waals surface area (Å²) in [4.78, 5) is 8.18. The Balaban J connectivity index is 2.27. The van der Waals surface area contributed by atoms with Gasteiger partial charge in [0.05, 0.1) is 6.57 Å². The first kappa shape index (κ1) is 17.9. The summed E-state index contributed by atoms with van der Waals surface area (Å²) in [6.45, 7) is 16.2. The smallest absolute Gasteiger partial charge is 0.187 e. The van der Waals surface area contributed by atoms with E-state index >= 15 is 0 Å². The molecule has 0 fully saturated rings. The molecule has 0 aliphatic carbocycles. The fourth-order valence-electron chi connectivity index (χ4n) is 3.44. The molecular weight excluding hydrogens is 318 g/mol. The molecule has 1 aromatic heterocycles. The van der Waals surface area contributed by atoms with Crippen LogP contribution in [0.4, 0.5) is 5.69 Å². The largest absolute Gasteiger partial charge is 0.334 e. The molecule has 0 spiro atoms. The molecule has 0 aliphatic rings. The van der Waals surface area contributed by atoms with Gasteiger partial charge >= 0.3 is 0 Å². The van der Waals surface area contributed by atoms with E-state index in [9.17, 15) is 0 Å². The van der Waals surface area contributed by atoms with Gasteiger partial charge in [0.25, 0.3) is 0 Å². The van der Waals surface area contributed by atoms with E-state index in [2.05, 4.69) is 61.8 Å². The Morgan fingerprint density at radius 3 is 2.08 bits per heavy atom. The van der Waals surface area contributed by atoms with Crippen LogP contribution in [-0.4, -0.2) is 9.55 Å². The summed E-state index contributed by atoms with van der Waals surface area (Å²) in [7, 11) is 2.01. The zero-order valence-corrected chi connectivity index (χ0v) is 16.1. The molecule has 0 unspecified atom stereocenters. The average Bonchev–Trinajstić information content (AvgIpc) is 3.06. The standard InChI is InChI=1S/C23H25N3/c1-15(2)20-13-19(24-5)14-21(16(3)4)22(20)17-8-7-9-18(12-17)23-25-10-11-26(23)6/h7-16H,1-4,6H3. The second kappa shape index (κ2) is 7.17. The summed E-state index contributed by atoms with van der Waals surface area (Å²) < 4.78 is 2.04. The van der Waals surface area contributed by atoms with Crippen molar-refractivity contribution in [2.45, 2.75) is 39.5 Å². The van der Waals surface area contributed by atoms with Gasteiger partial charge in [0.1, 0.15) is 5.82 Å². The molecule has 132 valence electrons. The molecule has 0 atom stereocenters. The topological polar surface area (TPSA) is 22.2 Å². The van der Waals surface area contributed by atoms with Gasteiger partial charge in [-0.25, -0.2) is 9.83 Å². The molecule has 0 saturated heterocycles. The third-order valence-electron chi connectivity index (χ3n) is 4.79. The Hall–Kier alpha value is -2.86. The van der Waals surface area contributed by atoms with E-state index in [1.165, 1.54) is 22.3 Å². The van der Waals surface area contributed by atoms with Crippen LogP contribution in [-0.2, 0) is 7.05 Å². The maximum atomic E-state index is 7.46. The summed E-state index contributed by atoms with van der Waals surface area (Å²) in [5.41, 5.74) is 6.75. The van der Waals surface area contributed by atoms with E-state index in [1.807, 2.05) is 36.1 Å². The van der Waals surface area contributed by atoms with Gasteiger partial charge in [-0.05, 0) is 40.2 Å². The molecule has 0 radical (unpaired) electrons. The van der Waals surface area contributed by atoms with Crippen molar-refractivity contribution in [3.8, 4) is 22.5 Å². The van der Waals surface area contributed by atoms with E-state index in [1.54, 1.807) is 0 Å². The van der Waals surface area contributed by atoms with Gasteiger partial charge in [0, 0.05) is 25.0 Å². The number of rotatable bonds is 4. The van der Waals surface area contributed by atoms with Gasteiger partial charge in [-0.3, -0.25) is 0 Å². The van der Waals surface area contributed by atoms with Crippen LogP contribution in [0.15, 0.2) is 48.8 Å².